The van der Waals surface area contributed by atoms with Crippen molar-refractivity contribution in [1.29, 1.82) is 0 Å². The van der Waals surface area contributed by atoms with E-state index in [0.29, 0.717) is 36.1 Å². The van der Waals surface area contributed by atoms with Gasteiger partial charge in [-0.05, 0) is 43.2 Å². The van der Waals surface area contributed by atoms with E-state index < -0.39 is 0 Å². The molecule has 0 saturated carbocycles. The Morgan fingerprint density at radius 3 is 2.59 bits per heavy atom. The normalized spacial score (nSPS) is 11.1. The Balaban J connectivity index is 1.65. The van der Waals surface area contributed by atoms with Gasteiger partial charge in [0.05, 0.1) is 6.54 Å². The summed E-state index contributed by atoms with van der Waals surface area (Å²) in [6.45, 7) is 4.71. The van der Waals surface area contributed by atoms with Gasteiger partial charge in [0.2, 0.25) is 11.8 Å². The maximum Gasteiger partial charge on any atom is 0.231 e. The van der Waals surface area contributed by atoms with Crippen LogP contribution in [0.15, 0.2) is 36.4 Å². The minimum atomic E-state index is -0.319. The lowest BCUT2D eigenvalue weighted by molar-refractivity contribution is -0.125. The van der Waals surface area contributed by atoms with E-state index in [1.165, 1.54) is 12.1 Å². The number of rotatable bonds is 8. The van der Waals surface area contributed by atoms with Gasteiger partial charge in [-0.3, -0.25) is 4.79 Å². The Kier molecular flexibility index (Phi) is 5.95. The van der Waals surface area contributed by atoms with Crippen LogP contribution in [0.4, 0.5) is 4.39 Å². The lowest BCUT2D eigenvalue weighted by atomic mass is 10.0. The second kappa shape index (κ2) is 8.57. The van der Waals surface area contributed by atoms with Crippen molar-refractivity contribution in [3.05, 3.63) is 42.2 Å². The number of nitrogens with zero attached hydrogens (tertiary/aromatic N) is 4. The van der Waals surface area contributed by atoms with Crippen LogP contribution in [0.2, 0.25) is 0 Å². The second-order valence-electron chi connectivity index (χ2n) is 6.12. The van der Waals surface area contributed by atoms with Crippen LogP contribution in [0, 0.1) is 11.7 Å². The molecule has 0 aliphatic heterocycles. The molecule has 0 radical (unpaired) electrons. The molecule has 27 heavy (non-hydrogen) atoms. The summed E-state index contributed by atoms with van der Waals surface area (Å²) in [7, 11) is 0. The van der Waals surface area contributed by atoms with E-state index in [2.05, 4.69) is 20.6 Å². The summed E-state index contributed by atoms with van der Waals surface area (Å²) >= 11 is 0. The standard InChI is InChI=1S/C19H22FN5O2/c1-3-13(4-2)19(26)21-11-12-27-17-10-9-16-22-23-18(25(16)24-17)14-5-7-15(20)8-6-14/h5-10,13H,3-4,11-12H2,1-2H3,(H,21,26). The number of ether oxygens (including phenoxy) is 1. The van der Waals surface area contributed by atoms with Gasteiger partial charge in [-0.2, -0.15) is 4.52 Å². The first-order chi connectivity index (χ1) is 13.1. The second-order valence-corrected chi connectivity index (χ2v) is 6.12. The molecule has 0 aliphatic carbocycles. The average Bonchev–Trinajstić information content (AvgIpc) is 3.10. The van der Waals surface area contributed by atoms with Gasteiger partial charge in [0.1, 0.15) is 12.4 Å². The monoisotopic (exact) mass is 371 g/mol. The van der Waals surface area contributed by atoms with Crippen LogP contribution >= 0.6 is 0 Å². The molecule has 0 atom stereocenters. The molecule has 2 aromatic heterocycles. The van der Waals surface area contributed by atoms with Crippen molar-refractivity contribution < 1.29 is 13.9 Å². The number of halogens is 1. The molecule has 3 aromatic rings. The van der Waals surface area contributed by atoms with Crippen LogP contribution in [-0.4, -0.2) is 38.9 Å². The summed E-state index contributed by atoms with van der Waals surface area (Å²) in [5, 5.41) is 15.4. The van der Waals surface area contributed by atoms with E-state index in [0.717, 1.165) is 12.8 Å². The molecule has 0 fully saturated rings. The highest BCUT2D eigenvalue weighted by atomic mass is 19.1. The summed E-state index contributed by atoms with van der Waals surface area (Å²) in [6.07, 6.45) is 1.64. The van der Waals surface area contributed by atoms with Crippen molar-refractivity contribution in [1.82, 2.24) is 25.1 Å². The first-order valence-electron chi connectivity index (χ1n) is 9.01. The van der Waals surface area contributed by atoms with E-state index in [1.54, 1.807) is 28.8 Å². The molecule has 3 rings (SSSR count). The third-order valence-corrected chi connectivity index (χ3v) is 4.35. The number of carbonyl (C=O) groups excluding carboxylic acids is 1. The van der Waals surface area contributed by atoms with Gasteiger partial charge in [0, 0.05) is 17.5 Å². The largest absolute Gasteiger partial charge is 0.475 e. The fourth-order valence-electron chi connectivity index (χ4n) is 2.76. The van der Waals surface area contributed by atoms with Crippen molar-refractivity contribution >= 4 is 11.6 Å². The molecule has 0 spiro atoms. The third kappa shape index (κ3) is 4.39. The summed E-state index contributed by atoms with van der Waals surface area (Å²) in [5.41, 5.74) is 1.26. The molecule has 142 valence electrons. The van der Waals surface area contributed by atoms with Crippen molar-refractivity contribution in [2.75, 3.05) is 13.2 Å². The molecule has 8 heteroatoms. The van der Waals surface area contributed by atoms with Gasteiger partial charge in [-0.15, -0.1) is 15.3 Å². The summed E-state index contributed by atoms with van der Waals surface area (Å²) in [4.78, 5) is 12.0. The van der Waals surface area contributed by atoms with Crippen LogP contribution < -0.4 is 10.1 Å². The Labute approximate surface area is 156 Å². The summed E-state index contributed by atoms with van der Waals surface area (Å²) in [6, 6.07) is 9.40. The van der Waals surface area contributed by atoms with Crippen LogP contribution in [0.1, 0.15) is 26.7 Å². The van der Waals surface area contributed by atoms with Gasteiger partial charge in [-0.25, -0.2) is 4.39 Å². The van der Waals surface area contributed by atoms with E-state index in [-0.39, 0.29) is 17.6 Å². The number of hydrogen-bond donors (Lipinski definition) is 1. The zero-order chi connectivity index (χ0) is 19.2. The highest BCUT2D eigenvalue weighted by molar-refractivity contribution is 5.78. The number of aromatic nitrogens is 4. The first kappa shape index (κ1) is 18.8. The molecule has 0 saturated heterocycles. The van der Waals surface area contributed by atoms with E-state index in [9.17, 15) is 9.18 Å². The lowest BCUT2D eigenvalue weighted by Crippen LogP contribution is -2.33. The number of nitrogens with one attached hydrogen (secondary N) is 1. The Bertz CT molecular complexity index is 906. The minimum absolute atomic E-state index is 0.0368. The zero-order valence-corrected chi connectivity index (χ0v) is 15.4. The number of amides is 1. The number of benzene rings is 1. The van der Waals surface area contributed by atoms with Crippen LogP contribution in [0.3, 0.4) is 0 Å². The average molecular weight is 371 g/mol. The Hall–Kier alpha value is -3.03. The fourth-order valence-corrected chi connectivity index (χ4v) is 2.76. The zero-order valence-electron chi connectivity index (χ0n) is 15.4. The maximum atomic E-state index is 13.1. The van der Waals surface area contributed by atoms with Crippen molar-refractivity contribution in [3.63, 3.8) is 0 Å². The van der Waals surface area contributed by atoms with Gasteiger partial charge in [0.25, 0.3) is 0 Å². The minimum Gasteiger partial charge on any atom is -0.475 e. The maximum absolute atomic E-state index is 13.1. The van der Waals surface area contributed by atoms with Crippen LogP contribution in [0.25, 0.3) is 17.0 Å². The molecule has 1 amide bonds. The topological polar surface area (TPSA) is 81.4 Å². The molecule has 7 nitrogen and oxygen atoms in total. The lowest BCUT2D eigenvalue weighted by Gasteiger charge is -2.12. The van der Waals surface area contributed by atoms with Gasteiger partial charge < -0.3 is 10.1 Å². The first-order valence-corrected chi connectivity index (χ1v) is 9.01. The highest BCUT2D eigenvalue weighted by Gasteiger charge is 2.13. The van der Waals surface area contributed by atoms with Gasteiger partial charge in [-0.1, -0.05) is 13.8 Å². The Morgan fingerprint density at radius 1 is 1.15 bits per heavy atom. The Morgan fingerprint density at radius 2 is 1.89 bits per heavy atom. The summed E-state index contributed by atoms with van der Waals surface area (Å²) < 4.78 is 20.3. The predicted molar refractivity (Wildman–Crippen MR) is 98.8 cm³/mol. The third-order valence-electron chi connectivity index (χ3n) is 4.35. The van der Waals surface area contributed by atoms with Crippen LogP contribution in [0.5, 0.6) is 5.88 Å². The molecule has 0 unspecified atom stereocenters. The highest BCUT2D eigenvalue weighted by Crippen LogP contribution is 2.19. The molecular weight excluding hydrogens is 349 g/mol. The molecule has 0 bridgehead atoms. The summed E-state index contributed by atoms with van der Waals surface area (Å²) in [5.74, 6) is 0.652. The smallest absolute Gasteiger partial charge is 0.231 e. The predicted octanol–water partition coefficient (Wildman–Crippen LogP) is 2.86. The molecule has 0 aliphatic rings. The number of carbonyl (C=O) groups is 1. The fraction of sp³-hybridized carbons (Fsp3) is 0.368. The van der Waals surface area contributed by atoms with E-state index in [4.69, 9.17) is 4.74 Å². The van der Waals surface area contributed by atoms with Crippen molar-refractivity contribution in [2.24, 2.45) is 5.92 Å². The van der Waals surface area contributed by atoms with Crippen molar-refractivity contribution in [3.8, 4) is 17.3 Å². The van der Waals surface area contributed by atoms with Gasteiger partial charge in [0.15, 0.2) is 11.5 Å². The van der Waals surface area contributed by atoms with Crippen molar-refractivity contribution in [2.45, 2.75) is 26.7 Å². The van der Waals surface area contributed by atoms with E-state index in [1.807, 2.05) is 13.8 Å². The number of hydrogen-bond acceptors (Lipinski definition) is 5. The molecule has 1 N–H and O–H groups in total. The molecule has 2 heterocycles. The number of fused-ring (bicyclic) bond motifs is 1. The molecular formula is C19H22FN5O2. The van der Waals surface area contributed by atoms with Crippen LogP contribution in [-0.2, 0) is 4.79 Å². The quantitative estimate of drug-likeness (QED) is 0.616. The SMILES string of the molecule is CCC(CC)C(=O)NCCOc1ccc2nnc(-c3ccc(F)cc3)n2n1. The molecule has 1 aromatic carbocycles. The van der Waals surface area contributed by atoms with Gasteiger partial charge >= 0.3 is 0 Å². The van der Waals surface area contributed by atoms with E-state index >= 15 is 0 Å².